The highest BCUT2D eigenvalue weighted by Crippen LogP contribution is 2.04. The second kappa shape index (κ2) is 4.85. The van der Waals surface area contributed by atoms with Gasteiger partial charge < -0.3 is 4.74 Å². The lowest BCUT2D eigenvalue weighted by molar-refractivity contribution is 0.174. The molecular weight excluding hydrogens is 157 g/mol. The first-order chi connectivity index (χ1) is 5.84. The first kappa shape index (κ1) is 9.16. The summed E-state index contributed by atoms with van der Waals surface area (Å²) in [6, 6.07) is 6.68. The van der Waals surface area contributed by atoms with Crippen LogP contribution in [0.15, 0.2) is 24.3 Å². The molecular formula is C9H12FNO. The summed E-state index contributed by atoms with van der Waals surface area (Å²) in [6.07, 6.45) is 0. The van der Waals surface area contributed by atoms with E-state index in [0.717, 1.165) is 0 Å². The highest BCUT2D eigenvalue weighted by atomic mass is 19.1. The summed E-state index contributed by atoms with van der Waals surface area (Å²) in [5, 5.41) is 2.93. The molecule has 12 heavy (non-hydrogen) atoms. The molecule has 0 saturated carbocycles. The van der Waals surface area contributed by atoms with Crippen LogP contribution in [0.5, 0.6) is 0 Å². The summed E-state index contributed by atoms with van der Waals surface area (Å²) in [4.78, 5) is 0. The van der Waals surface area contributed by atoms with Crippen LogP contribution in [0, 0.1) is 5.82 Å². The molecule has 0 radical (unpaired) electrons. The molecule has 1 aromatic rings. The van der Waals surface area contributed by atoms with Gasteiger partial charge in [-0.25, -0.2) is 4.39 Å². The van der Waals surface area contributed by atoms with Crippen molar-refractivity contribution >= 4 is 0 Å². The first-order valence-electron chi connectivity index (χ1n) is 3.77. The summed E-state index contributed by atoms with van der Waals surface area (Å²) in [5.74, 6) is -0.180. The Kier molecular flexibility index (Phi) is 3.70. The van der Waals surface area contributed by atoms with Crippen molar-refractivity contribution in [3.63, 3.8) is 0 Å². The minimum absolute atomic E-state index is 0.180. The van der Waals surface area contributed by atoms with Crippen molar-refractivity contribution in [2.75, 3.05) is 13.8 Å². The second-order valence-electron chi connectivity index (χ2n) is 2.45. The second-order valence-corrected chi connectivity index (χ2v) is 2.45. The summed E-state index contributed by atoms with van der Waals surface area (Å²) < 4.78 is 17.7. The molecule has 0 heterocycles. The highest BCUT2D eigenvalue weighted by Gasteiger charge is 1.97. The van der Waals surface area contributed by atoms with Gasteiger partial charge in [0.25, 0.3) is 0 Å². The lowest BCUT2D eigenvalue weighted by atomic mass is 10.2. The minimum atomic E-state index is -0.180. The van der Waals surface area contributed by atoms with Crippen LogP contribution in [0.4, 0.5) is 4.39 Å². The van der Waals surface area contributed by atoms with Gasteiger partial charge in [0.2, 0.25) is 0 Å². The third-order valence-electron chi connectivity index (χ3n) is 1.52. The Morgan fingerprint density at radius 1 is 1.42 bits per heavy atom. The molecule has 0 atom stereocenters. The maximum atomic E-state index is 12.9. The Morgan fingerprint density at radius 3 is 2.83 bits per heavy atom. The summed E-state index contributed by atoms with van der Waals surface area (Å²) in [5.41, 5.74) is 0.662. The van der Waals surface area contributed by atoms with Crippen LogP contribution in [0.2, 0.25) is 0 Å². The lowest BCUT2D eigenvalue weighted by Crippen LogP contribution is -2.16. The van der Waals surface area contributed by atoms with E-state index in [2.05, 4.69) is 5.32 Å². The Bertz CT molecular complexity index is 240. The van der Waals surface area contributed by atoms with Gasteiger partial charge in [-0.2, -0.15) is 0 Å². The number of hydrogen-bond acceptors (Lipinski definition) is 2. The van der Waals surface area contributed by atoms with Gasteiger partial charge in [-0.05, 0) is 6.07 Å². The van der Waals surface area contributed by atoms with E-state index >= 15 is 0 Å². The first-order valence-corrected chi connectivity index (χ1v) is 3.77. The smallest absolute Gasteiger partial charge is 0.127 e. The monoisotopic (exact) mass is 169 g/mol. The van der Waals surface area contributed by atoms with Crippen molar-refractivity contribution in [2.45, 2.75) is 6.54 Å². The third kappa shape index (κ3) is 2.60. The average Bonchev–Trinajstić information content (AvgIpc) is 2.09. The lowest BCUT2D eigenvalue weighted by Gasteiger charge is -2.03. The van der Waals surface area contributed by atoms with Gasteiger partial charge in [-0.1, -0.05) is 18.2 Å². The SMILES string of the molecule is COCNCc1ccccc1F. The van der Waals surface area contributed by atoms with E-state index in [-0.39, 0.29) is 5.82 Å². The number of benzene rings is 1. The minimum Gasteiger partial charge on any atom is -0.370 e. The Hall–Kier alpha value is -0.930. The van der Waals surface area contributed by atoms with Gasteiger partial charge in [-0.15, -0.1) is 0 Å². The van der Waals surface area contributed by atoms with Crippen LogP contribution in [0.3, 0.4) is 0 Å². The molecule has 0 spiro atoms. The van der Waals surface area contributed by atoms with E-state index in [9.17, 15) is 4.39 Å². The molecule has 0 amide bonds. The van der Waals surface area contributed by atoms with Crippen molar-refractivity contribution in [3.05, 3.63) is 35.6 Å². The van der Waals surface area contributed by atoms with E-state index in [1.165, 1.54) is 6.07 Å². The molecule has 0 bridgehead atoms. The molecule has 66 valence electrons. The predicted molar refractivity (Wildman–Crippen MR) is 45.1 cm³/mol. The molecule has 0 fully saturated rings. The maximum absolute atomic E-state index is 12.9. The molecule has 0 aliphatic carbocycles. The van der Waals surface area contributed by atoms with Gasteiger partial charge in [0.15, 0.2) is 0 Å². The maximum Gasteiger partial charge on any atom is 0.127 e. The van der Waals surface area contributed by atoms with Crippen LogP contribution >= 0.6 is 0 Å². The molecule has 3 heteroatoms. The number of halogens is 1. The number of rotatable bonds is 4. The number of ether oxygens (including phenoxy) is 1. The van der Waals surface area contributed by atoms with Gasteiger partial charge in [0.1, 0.15) is 5.82 Å². The quantitative estimate of drug-likeness (QED) is 0.545. The van der Waals surface area contributed by atoms with Gasteiger partial charge >= 0.3 is 0 Å². The van der Waals surface area contributed by atoms with Crippen molar-refractivity contribution in [3.8, 4) is 0 Å². The Balaban J connectivity index is 2.46. The molecule has 1 rings (SSSR count). The molecule has 0 unspecified atom stereocenters. The molecule has 2 nitrogen and oxygen atoms in total. The zero-order valence-electron chi connectivity index (χ0n) is 7.01. The van der Waals surface area contributed by atoms with Crippen molar-refractivity contribution < 1.29 is 9.13 Å². The zero-order valence-corrected chi connectivity index (χ0v) is 7.01. The normalized spacial score (nSPS) is 10.2. The molecule has 0 saturated heterocycles. The van der Waals surface area contributed by atoms with E-state index in [1.54, 1.807) is 19.2 Å². The van der Waals surface area contributed by atoms with Gasteiger partial charge in [0, 0.05) is 19.2 Å². The number of hydrogen-bond donors (Lipinski definition) is 1. The topological polar surface area (TPSA) is 21.3 Å². The molecule has 0 aliphatic rings. The van der Waals surface area contributed by atoms with E-state index in [0.29, 0.717) is 18.8 Å². The summed E-state index contributed by atoms with van der Waals surface area (Å²) in [7, 11) is 1.59. The van der Waals surface area contributed by atoms with E-state index < -0.39 is 0 Å². The largest absolute Gasteiger partial charge is 0.370 e. The van der Waals surface area contributed by atoms with E-state index in [1.807, 2.05) is 6.07 Å². The van der Waals surface area contributed by atoms with Crippen LogP contribution in [0.25, 0.3) is 0 Å². The van der Waals surface area contributed by atoms with Gasteiger partial charge in [-0.3, -0.25) is 5.32 Å². The number of methoxy groups -OCH3 is 1. The van der Waals surface area contributed by atoms with Crippen LogP contribution in [0.1, 0.15) is 5.56 Å². The average molecular weight is 169 g/mol. The highest BCUT2D eigenvalue weighted by molar-refractivity contribution is 5.16. The van der Waals surface area contributed by atoms with Crippen molar-refractivity contribution in [2.24, 2.45) is 0 Å². The fourth-order valence-corrected chi connectivity index (χ4v) is 0.930. The van der Waals surface area contributed by atoms with Crippen LogP contribution in [-0.2, 0) is 11.3 Å². The number of nitrogens with one attached hydrogen (secondary N) is 1. The predicted octanol–water partition coefficient (Wildman–Crippen LogP) is 1.52. The summed E-state index contributed by atoms with van der Waals surface area (Å²) in [6.45, 7) is 0.939. The van der Waals surface area contributed by atoms with Crippen molar-refractivity contribution in [1.29, 1.82) is 0 Å². The molecule has 1 N–H and O–H groups in total. The van der Waals surface area contributed by atoms with Crippen LogP contribution < -0.4 is 5.32 Å². The molecule has 0 aromatic heterocycles. The zero-order chi connectivity index (χ0) is 8.81. The summed E-state index contributed by atoms with van der Waals surface area (Å²) >= 11 is 0. The van der Waals surface area contributed by atoms with Crippen molar-refractivity contribution in [1.82, 2.24) is 5.32 Å². The molecule has 0 aliphatic heterocycles. The third-order valence-corrected chi connectivity index (χ3v) is 1.52. The standard InChI is InChI=1S/C9H12FNO/c1-12-7-11-6-8-4-2-3-5-9(8)10/h2-5,11H,6-7H2,1H3. The Morgan fingerprint density at radius 2 is 2.17 bits per heavy atom. The fourth-order valence-electron chi connectivity index (χ4n) is 0.930. The fraction of sp³-hybridized carbons (Fsp3) is 0.333. The van der Waals surface area contributed by atoms with Gasteiger partial charge in [0.05, 0.1) is 6.73 Å². The van der Waals surface area contributed by atoms with Crippen LogP contribution in [-0.4, -0.2) is 13.8 Å². The molecule has 1 aromatic carbocycles. The van der Waals surface area contributed by atoms with E-state index in [4.69, 9.17) is 4.74 Å². The Labute approximate surface area is 71.4 Å².